The molecule has 10 heteroatoms. The van der Waals surface area contributed by atoms with Crippen LogP contribution in [0.3, 0.4) is 0 Å². The fourth-order valence-electron chi connectivity index (χ4n) is 0.319. The average molecular weight is 220 g/mol. The van der Waals surface area contributed by atoms with Crippen molar-refractivity contribution in [1.82, 2.24) is 5.48 Å². The van der Waals surface area contributed by atoms with Crippen LogP contribution in [0, 0.1) is 10.1 Å². The van der Waals surface area contributed by atoms with E-state index in [0.29, 0.717) is 0 Å². The Hall–Kier alpha value is -1.45. The summed E-state index contributed by atoms with van der Waals surface area (Å²) in [6.45, 7) is -1.35. The molecule has 0 aromatic carbocycles. The molecule has 14 heavy (non-hydrogen) atoms. The highest BCUT2D eigenvalue weighted by Gasteiger charge is 2.43. The number of nitro groups is 1. The van der Waals surface area contributed by atoms with Crippen molar-refractivity contribution in [2.75, 3.05) is 6.54 Å². The van der Waals surface area contributed by atoms with E-state index in [1.807, 2.05) is 0 Å². The Balaban J connectivity index is 3.94. The molecule has 0 bridgehead atoms. The van der Waals surface area contributed by atoms with E-state index >= 15 is 0 Å². The maximum atomic E-state index is 11.9. The second-order valence-corrected chi connectivity index (χ2v) is 1.98. The summed E-state index contributed by atoms with van der Waals surface area (Å²) in [5.41, 5.74) is 0.825. The summed E-state index contributed by atoms with van der Waals surface area (Å²) < 4.78 is 46.5. The lowest BCUT2D eigenvalue weighted by atomic mass is 10.6. The molecule has 0 aromatic heterocycles. The van der Waals surface area contributed by atoms with Gasteiger partial charge in [-0.1, -0.05) is 0 Å². The van der Waals surface area contributed by atoms with Crippen molar-refractivity contribution in [3.63, 3.8) is 0 Å². The zero-order valence-electron chi connectivity index (χ0n) is 6.38. The smallest absolute Gasteiger partial charge is 0.265 e. The van der Waals surface area contributed by atoms with Crippen molar-refractivity contribution >= 4 is 5.91 Å². The second kappa shape index (κ2) is 4.69. The number of hydroxylamine groups is 1. The van der Waals surface area contributed by atoms with Crippen LogP contribution in [0.1, 0.15) is 0 Å². The molecule has 6 nitrogen and oxygen atoms in total. The minimum Gasteiger partial charge on any atom is -0.265 e. The van der Waals surface area contributed by atoms with Gasteiger partial charge in [0.1, 0.15) is 0 Å². The first-order valence-corrected chi connectivity index (χ1v) is 3.00. The molecule has 0 radical (unpaired) electrons. The highest BCUT2D eigenvalue weighted by atomic mass is 19.3. The number of carbonyl (C=O) groups is 1. The van der Waals surface area contributed by atoms with Gasteiger partial charge in [0, 0.05) is 4.92 Å². The third-order valence-corrected chi connectivity index (χ3v) is 0.828. The van der Waals surface area contributed by atoms with E-state index in [4.69, 9.17) is 0 Å². The number of hydrogen-bond acceptors (Lipinski definition) is 4. The van der Waals surface area contributed by atoms with E-state index in [1.54, 1.807) is 0 Å². The van der Waals surface area contributed by atoms with Crippen LogP contribution in [0.5, 0.6) is 0 Å². The minimum absolute atomic E-state index is 0.825. The number of halogens is 4. The largest absolute Gasteiger partial charge is 0.436 e. The van der Waals surface area contributed by atoms with Crippen molar-refractivity contribution in [2.45, 2.75) is 12.5 Å². The number of rotatable bonds is 5. The molecule has 0 spiro atoms. The van der Waals surface area contributed by atoms with Gasteiger partial charge >= 0.3 is 18.4 Å². The Kier molecular flexibility index (Phi) is 4.21. The first kappa shape index (κ1) is 12.6. The molecule has 0 aliphatic heterocycles. The number of amides is 1. The van der Waals surface area contributed by atoms with Crippen LogP contribution in [0.25, 0.3) is 0 Å². The third kappa shape index (κ3) is 4.54. The number of nitrogens with zero attached hydrogens (tertiary/aromatic N) is 1. The molecule has 0 saturated heterocycles. The standard InChI is InChI=1S/C4H4F4N2O4/c5-3(6)4(7,8)14-9-2(11)1-10(12)13/h3H,1H2,(H,9,11). The summed E-state index contributed by atoms with van der Waals surface area (Å²) >= 11 is 0. The van der Waals surface area contributed by atoms with Crippen LogP contribution < -0.4 is 5.48 Å². The summed E-state index contributed by atoms with van der Waals surface area (Å²) in [5, 5.41) is 9.62. The molecule has 0 heterocycles. The Bertz CT molecular complexity index is 233. The number of nitrogens with one attached hydrogen (secondary N) is 1. The molecule has 0 aliphatic rings. The van der Waals surface area contributed by atoms with Crippen LogP contribution in [0.15, 0.2) is 0 Å². The Morgan fingerprint density at radius 2 is 2.07 bits per heavy atom. The molecule has 0 atom stereocenters. The first-order chi connectivity index (χ1) is 6.25. The zero-order chi connectivity index (χ0) is 11.4. The fourth-order valence-corrected chi connectivity index (χ4v) is 0.319. The normalized spacial score (nSPS) is 11.5. The topological polar surface area (TPSA) is 81.5 Å². The van der Waals surface area contributed by atoms with Gasteiger partial charge in [0.15, 0.2) is 0 Å². The quantitative estimate of drug-likeness (QED) is 0.406. The van der Waals surface area contributed by atoms with Gasteiger partial charge in [-0.15, -0.1) is 0 Å². The van der Waals surface area contributed by atoms with Gasteiger partial charge in [-0.3, -0.25) is 14.9 Å². The SMILES string of the molecule is O=C(C[N+](=O)[O-])NOC(F)(F)C(F)F. The lowest BCUT2D eigenvalue weighted by molar-refractivity contribution is -0.469. The summed E-state index contributed by atoms with van der Waals surface area (Å²) in [5.74, 6) is -1.56. The van der Waals surface area contributed by atoms with E-state index < -0.39 is 29.9 Å². The van der Waals surface area contributed by atoms with Gasteiger partial charge in [-0.25, -0.2) is 14.3 Å². The highest BCUT2D eigenvalue weighted by molar-refractivity contribution is 5.75. The Morgan fingerprint density at radius 1 is 1.57 bits per heavy atom. The lowest BCUT2D eigenvalue weighted by Crippen LogP contribution is -2.40. The maximum Gasteiger partial charge on any atom is 0.436 e. The summed E-state index contributed by atoms with van der Waals surface area (Å²) in [6, 6.07) is 0. The first-order valence-electron chi connectivity index (χ1n) is 3.00. The number of carbonyl (C=O) groups excluding carboxylic acids is 1. The molecule has 0 saturated carbocycles. The van der Waals surface area contributed by atoms with Crippen LogP contribution in [0.4, 0.5) is 17.6 Å². The van der Waals surface area contributed by atoms with E-state index in [-0.39, 0.29) is 0 Å². The van der Waals surface area contributed by atoms with E-state index in [2.05, 4.69) is 4.84 Å². The predicted octanol–water partition coefficient (Wildman–Crippen LogP) is 0.169. The molecule has 82 valence electrons. The van der Waals surface area contributed by atoms with E-state index in [0.717, 1.165) is 5.48 Å². The van der Waals surface area contributed by atoms with Gasteiger partial charge in [0.25, 0.3) is 6.54 Å². The van der Waals surface area contributed by atoms with Gasteiger partial charge in [-0.2, -0.15) is 13.6 Å². The van der Waals surface area contributed by atoms with Crippen LogP contribution in [-0.4, -0.2) is 29.9 Å². The van der Waals surface area contributed by atoms with Crippen molar-refractivity contribution in [2.24, 2.45) is 0 Å². The van der Waals surface area contributed by atoms with Crippen LogP contribution in [0.2, 0.25) is 0 Å². The molecule has 1 N–H and O–H groups in total. The molecular formula is C4H4F4N2O4. The highest BCUT2D eigenvalue weighted by Crippen LogP contribution is 2.22. The van der Waals surface area contributed by atoms with Gasteiger partial charge < -0.3 is 0 Å². The average Bonchev–Trinajstić information content (AvgIpc) is 1.99. The van der Waals surface area contributed by atoms with Gasteiger partial charge in [-0.05, 0) is 0 Å². The van der Waals surface area contributed by atoms with Crippen LogP contribution in [-0.2, 0) is 9.63 Å². The summed E-state index contributed by atoms with van der Waals surface area (Å²) in [7, 11) is 0. The maximum absolute atomic E-state index is 11.9. The van der Waals surface area contributed by atoms with Gasteiger partial charge in [0.05, 0.1) is 0 Å². The molecular weight excluding hydrogens is 216 g/mol. The van der Waals surface area contributed by atoms with E-state index in [1.165, 1.54) is 0 Å². The summed E-state index contributed by atoms with van der Waals surface area (Å²) in [4.78, 5) is 21.7. The van der Waals surface area contributed by atoms with Gasteiger partial charge in [0.2, 0.25) is 0 Å². The second-order valence-electron chi connectivity index (χ2n) is 1.98. The molecule has 1 amide bonds. The van der Waals surface area contributed by atoms with Crippen molar-refractivity contribution < 1.29 is 32.1 Å². The van der Waals surface area contributed by atoms with Crippen molar-refractivity contribution in [1.29, 1.82) is 0 Å². The van der Waals surface area contributed by atoms with Crippen molar-refractivity contribution in [3.8, 4) is 0 Å². The third-order valence-electron chi connectivity index (χ3n) is 0.828. The Labute approximate surface area is 73.9 Å². The lowest BCUT2D eigenvalue weighted by Gasteiger charge is -2.14. The predicted molar refractivity (Wildman–Crippen MR) is 32.0 cm³/mol. The number of hydrogen-bond donors (Lipinski definition) is 1. The molecule has 0 unspecified atom stereocenters. The molecule has 0 aromatic rings. The molecule has 0 aliphatic carbocycles. The minimum atomic E-state index is -4.87. The van der Waals surface area contributed by atoms with Crippen LogP contribution >= 0.6 is 0 Å². The molecule has 0 rings (SSSR count). The molecule has 0 fully saturated rings. The zero-order valence-corrected chi connectivity index (χ0v) is 6.38. The number of alkyl halides is 4. The summed E-state index contributed by atoms with van der Waals surface area (Å²) in [6.07, 6.45) is -9.01. The Morgan fingerprint density at radius 3 is 2.43 bits per heavy atom. The monoisotopic (exact) mass is 220 g/mol. The van der Waals surface area contributed by atoms with E-state index in [9.17, 15) is 32.5 Å². The fraction of sp³-hybridized carbons (Fsp3) is 0.750. The van der Waals surface area contributed by atoms with Crippen molar-refractivity contribution in [3.05, 3.63) is 10.1 Å².